The van der Waals surface area contributed by atoms with Gasteiger partial charge in [-0.05, 0) is 43.6 Å². The Kier molecular flexibility index (Phi) is 6.46. The van der Waals surface area contributed by atoms with Crippen LogP contribution in [-0.4, -0.2) is 37.0 Å². The van der Waals surface area contributed by atoms with Gasteiger partial charge in [-0.3, -0.25) is 9.69 Å². The van der Waals surface area contributed by atoms with Crippen molar-refractivity contribution in [1.29, 1.82) is 0 Å². The number of hydrogen-bond donors (Lipinski definition) is 1. The van der Waals surface area contributed by atoms with Gasteiger partial charge < -0.3 is 10.1 Å². The van der Waals surface area contributed by atoms with Crippen LogP contribution in [0.2, 0.25) is 0 Å². The highest BCUT2D eigenvalue weighted by Crippen LogP contribution is 2.24. The van der Waals surface area contributed by atoms with E-state index in [9.17, 15) is 4.79 Å². The SMILES string of the molecule is O=C(CCOc1ccccc1)NCC(c1ccccc1)N1CCCC1. The van der Waals surface area contributed by atoms with Gasteiger partial charge in [0.2, 0.25) is 5.91 Å². The molecule has 2 aromatic carbocycles. The van der Waals surface area contributed by atoms with Gasteiger partial charge in [-0.15, -0.1) is 0 Å². The normalized spacial score (nSPS) is 15.7. The van der Waals surface area contributed by atoms with E-state index in [1.165, 1.54) is 18.4 Å². The summed E-state index contributed by atoms with van der Waals surface area (Å²) in [7, 11) is 0. The third-order valence-corrected chi connectivity index (χ3v) is 4.60. The predicted molar refractivity (Wildman–Crippen MR) is 99.6 cm³/mol. The molecule has 0 aromatic heterocycles. The Labute approximate surface area is 149 Å². The fourth-order valence-corrected chi connectivity index (χ4v) is 3.26. The van der Waals surface area contributed by atoms with E-state index in [0.717, 1.165) is 18.8 Å². The molecule has 4 nitrogen and oxygen atoms in total. The van der Waals surface area contributed by atoms with Gasteiger partial charge >= 0.3 is 0 Å². The molecule has 3 rings (SSSR count). The van der Waals surface area contributed by atoms with Gasteiger partial charge in [0.25, 0.3) is 0 Å². The molecule has 1 atom stereocenters. The van der Waals surface area contributed by atoms with Crippen molar-refractivity contribution in [2.24, 2.45) is 0 Å². The second-order valence-electron chi connectivity index (χ2n) is 6.39. The number of likely N-dealkylation sites (tertiary alicyclic amines) is 1. The zero-order valence-corrected chi connectivity index (χ0v) is 14.6. The van der Waals surface area contributed by atoms with E-state index in [-0.39, 0.29) is 11.9 Å². The number of carbonyl (C=O) groups excluding carboxylic acids is 1. The third kappa shape index (κ3) is 5.33. The van der Waals surface area contributed by atoms with E-state index in [4.69, 9.17) is 4.74 Å². The molecule has 1 saturated heterocycles. The number of nitrogens with one attached hydrogen (secondary N) is 1. The number of rotatable bonds is 8. The molecule has 1 N–H and O–H groups in total. The molecule has 1 unspecified atom stereocenters. The van der Waals surface area contributed by atoms with Crippen LogP contribution in [0.4, 0.5) is 0 Å². The summed E-state index contributed by atoms with van der Waals surface area (Å²) in [6, 6.07) is 20.3. The van der Waals surface area contributed by atoms with Gasteiger partial charge in [0, 0.05) is 6.54 Å². The first-order chi connectivity index (χ1) is 12.3. The zero-order valence-electron chi connectivity index (χ0n) is 14.6. The minimum atomic E-state index is 0.0380. The summed E-state index contributed by atoms with van der Waals surface area (Å²) in [5.74, 6) is 0.839. The van der Waals surface area contributed by atoms with Gasteiger partial charge in [-0.25, -0.2) is 0 Å². The highest BCUT2D eigenvalue weighted by molar-refractivity contribution is 5.76. The largest absolute Gasteiger partial charge is 0.493 e. The Bertz CT molecular complexity index is 639. The minimum absolute atomic E-state index is 0.0380. The lowest BCUT2D eigenvalue weighted by Gasteiger charge is -2.28. The molecule has 0 radical (unpaired) electrons. The van der Waals surface area contributed by atoms with E-state index >= 15 is 0 Å². The van der Waals surface area contributed by atoms with Crippen molar-refractivity contribution < 1.29 is 9.53 Å². The van der Waals surface area contributed by atoms with E-state index in [1.807, 2.05) is 36.4 Å². The van der Waals surface area contributed by atoms with Gasteiger partial charge in [0.1, 0.15) is 5.75 Å². The van der Waals surface area contributed by atoms with Crippen molar-refractivity contribution in [1.82, 2.24) is 10.2 Å². The molecular weight excluding hydrogens is 312 g/mol. The number of amides is 1. The van der Waals surface area contributed by atoms with E-state index in [0.29, 0.717) is 19.6 Å². The maximum atomic E-state index is 12.2. The summed E-state index contributed by atoms with van der Waals surface area (Å²) in [5.41, 5.74) is 1.27. The molecular formula is C21H26N2O2. The highest BCUT2D eigenvalue weighted by Gasteiger charge is 2.23. The molecule has 0 spiro atoms. The maximum Gasteiger partial charge on any atom is 0.223 e. The molecule has 1 amide bonds. The topological polar surface area (TPSA) is 41.6 Å². The maximum absolute atomic E-state index is 12.2. The van der Waals surface area contributed by atoms with Crippen LogP contribution in [0.15, 0.2) is 60.7 Å². The Morgan fingerprint density at radius 1 is 1.00 bits per heavy atom. The second-order valence-corrected chi connectivity index (χ2v) is 6.39. The first-order valence-corrected chi connectivity index (χ1v) is 9.06. The molecule has 25 heavy (non-hydrogen) atoms. The van der Waals surface area contributed by atoms with Crippen LogP contribution in [0, 0.1) is 0 Å². The molecule has 132 valence electrons. The Hall–Kier alpha value is -2.33. The van der Waals surface area contributed by atoms with Gasteiger partial charge in [-0.2, -0.15) is 0 Å². The first kappa shape index (κ1) is 17.5. The van der Waals surface area contributed by atoms with Crippen LogP contribution >= 0.6 is 0 Å². The van der Waals surface area contributed by atoms with E-state index < -0.39 is 0 Å². The molecule has 1 aliphatic rings. The summed E-state index contributed by atoms with van der Waals surface area (Å²) in [6.07, 6.45) is 2.85. The summed E-state index contributed by atoms with van der Waals surface area (Å²) in [5, 5.41) is 3.08. The average Bonchev–Trinajstić information content (AvgIpc) is 3.18. The van der Waals surface area contributed by atoms with Crippen molar-refractivity contribution >= 4 is 5.91 Å². The van der Waals surface area contributed by atoms with Gasteiger partial charge in [0.15, 0.2) is 0 Å². The highest BCUT2D eigenvalue weighted by atomic mass is 16.5. The lowest BCUT2D eigenvalue weighted by molar-refractivity contribution is -0.121. The van der Waals surface area contributed by atoms with Crippen molar-refractivity contribution in [3.63, 3.8) is 0 Å². The monoisotopic (exact) mass is 338 g/mol. The first-order valence-electron chi connectivity index (χ1n) is 9.06. The standard InChI is InChI=1S/C21H26N2O2/c24-21(13-16-25-19-11-5-2-6-12-19)22-17-20(23-14-7-8-15-23)18-9-3-1-4-10-18/h1-6,9-12,20H,7-8,13-17H2,(H,22,24). The van der Waals surface area contributed by atoms with E-state index in [1.54, 1.807) is 0 Å². The summed E-state index contributed by atoms with van der Waals surface area (Å²) in [6.45, 7) is 3.25. The van der Waals surface area contributed by atoms with Gasteiger partial charge in [0.05, 0.1) is 19.1 Å². The Morgan fingerprint density at radius 2 is 1.64 bits per heavy atom. The van der Waals surface area contributed by atoms with Crippen LogP contribution < -0.4 is 10.1 Å². The average molecular weight is 338 g/mol. The Morgan fingerprint density at radius 3 is 2.32 bits per heavy atom. The Balaban J connectivity index is 1.48. The molecule has 4 heteroatoms. The van der Waals surface area contributed by atoms with Gasteiger partial charge in [-0.1, -0.05) is 48.5 Å². The lowest BCUT2D eigenvalue weighted by atomic mass is 10.1. The van der Waals surface area contributed by atoms with Crippen LogP contribution in [0.3, 0.4) is 0 Å². The van der Waals surface area contributed by atoms with Crippen LogP contribution in [0.1, 0.15) is 30.9 Å². The lowest BCUT2D eigenvalue weighted by Crippen LogP contribution is -2.37. The quantitative estimate of drug-likeness (QED) is 0.802. The number of ether oxygens (including phenoxy) is 1. The smallest absolute Gasteiger partial charge is 0.223 e. The minimum Gasteiger partial charge on any atom is -0.493 e. The number of carbonyl (C=O) groups is 1. The zero-order chi connectivity index (χ0) is 17.3. The molecule has 0 saturated carbocycles. The summed E-state index contributed by atoms with van der Waals surface area (Å²) in [4.78, 5) is 14.6. The number of benzene rings is 2. The summed E-state index contributed by atoms with van der Waals surface area (Å²) >= 11 is 0. The van der Waals surface area contributed by atoms with E-state index in [2.05, 4.69) is 34.5 Å². The fraction of sp³-hybridized carbons (Fsp3) is 0.381. The molecule has 1 fully saturated rings. The predicted octanol–water partition coefficient (Wildman–Crippen LogP) is 3.41. The number of nitrogens with zero attached hydrogens (tertiary/aromatic N) is 1. The number of para-hydroxylation sites is 1. The van der Waals surface area contributed by atoms with Crippen LogP contribution in [0.25, 0.3) is 0 Å². The molecule has 0 bridgehead atoms. The van der Waals surface area contributed by atoms with Crippen molar-refractivity contribution in [2.75, 3.05) is 26.2 Å². The van der Waals surface area contributed by atoms with Crippen molar-refractivity contribution in [2.45, 2.75) is 25.3 Å². The summed E-state index contributed by atoms with van der Waals surface area (Å²) < 4.78 is 5.60. The van der Waals surface area contributed by atoms with Crippen molar-refractivity contribution in [3.05, 3.63) is 66.2 Å². The molecule has 1 heterocycles. The second kappa shape index (κ2) is 9.23. The third-order valence-electron chi connectivity index (χ3n) is 4.60. The number of hydrogen-bond acceptors (Lipinski definition) is 3. The van der Waals surface area contributed by atoms with Crippen LogP contribution in [-0.2, 0) is 4.79 Å². The fourth-order valence-electron chi connectivity index (χ4n) is 3.26. The molecule has 1 aliphatic heterocycles. The molecule has 0 aliphatic carbocycles. The molecule has 2 aromatic rings. The van der Waals surface area contributed by atoms with Crippen molar-refractivity contribution in [3.8, 4) is 5.75 Å². The van der Waals surface area contributed by atoms with Crippen LogP contribution in [0.5, 0.6) is 5.75 Å².